The molecule has 0 bridgehead atoms. The van der Waals surface area contributed by atoms with Crippen molar-refractivity contribution in [1.29, 1.82) is 0 Å². The molecule has 0 aliphatic heterocycles. The van der Waals surface area contributed by atoms with Gasteiger partial charge in [-0.2, -0.15) is 8.78 Å². The number of alkyl halides is 2. The summed E-state index contributed by atoms with van der Waals surface area (Å²) in [6.45, 7) is -3.15. The molecule has 0 spiro atoms. The zero-order chi connectivity index (χ0) is 15.4. The fourth-order valence-electron chi connectivity index (χ4n) is 1.63. The van der Waals surface area contributed by atoms with Gasteiger partial charge in [0.1, 0.15) is 12.4 Å². The summed E-state index contributed by atoms with van der Waals surface area (Å²) in [5.41, 5.74) is 0.381. The average molecular weight is 379 g/mol. The number of halogens is 3. The minimum atomic E-state index is -3.00. The summed E-state index contributed by atoms with van der Waals surface area (Å²) >= 11 is 6.74. The molecule has 2 rings (SSSR count). The van der Waals surface area contributed by atoms with Crippen molar-refractivity contribution in [1.82, 2.24) is 9.19 Å². The number of hydrogen-bond donors (Lipinski definition) is 1. The number of carbonyl (C=O) groups is 1. The molecule has 0 N–H and O–H groups in total. The van der Waals surface area contributed by atoms with Gasteiger partial charge in [0.2, 0.25) is 10.6 Å². The van der Waals surface area contributed by atoms with Gasteiger partial charge in [-0.15, -0.1) is 5.10 Å². The Hall–Kier alpha value is -1.61. The monoisotopic (exact) mass is 378 g/mol. The summed E-state index contributed by atoms with van der Waals surface area (Å²) < 4.78 is 35.4. The SMILES string of the molecule is O=C(Br)c1cccc(OC(F)F)c1COc1ccn(S)n1. The average Bonchev–Trinajstić information content (AvgIpc) is 2.82. The van der Waals surface area contributed by atoms with Crippen LogP contribution in [0.1, 0.15) is 15.9 Å². The second kappa shape index (κ2) is 6.90. The maximum atomic E-state index is 12.4. The molecule has 1 aromatic heterocycles. The Morgan fingerprint density at radius 2 is 2.19 bits per heavy atom. The first-order chi connectivity index (χ1) is 9.97. The first-order valence-corrected chi connectivity index (χ1v) is 6.81. The molecule has 0 atom stereocenters. The van der Waals surface area contributed by atoms with Crippen molar-refractivity contribution >= 4 is 33.4 Å². The minimum absolute atomic E-state index is 0.124. The van der Waals surface area contributed by atoms with Gasteiger partial charge >= 0.3 is 6.61 Å². The van der Waals surface area contributed by atoms with Crippen LogP contribution in [0.15, 0.2) is 30.5 Å². The first kappa shape index (κ1) is 15.8. The molecule has 0 saturated carbocycles. The summed E-state index contributed by atoms with van der Waals surface area (Å²) in [6, 6.07) is 5.80. The highest BCUT2D eigenvalue weighted by Crippen LogP contribution is 2.27. The van der Waals surface area contributed by atoms with Crippen molar-refractivity contribution in [3.8, 4) is 11.6 Å². The normalized spacial score (nSPS) is 10.7. The standard InChI is InChI=1S/C12H9BrF2N2O3S/c13-11(18)7-2-1-3-9(20-12(14)15)8(7)6-19-10-4-5-17(21)16-10/h1-5,12,21H,6H2. The van der Waals surface area contributed by atoms with Crippen molar-refractivity contribution < 1.29 is 23.0 Å². The minimum Gasteiger partial charge on any atom is -0.472 e. The highest BCUT2D eigenvalue weighted by atomic mass is 79.9. The Morgan fingerprint density at radius 3 is 2.76 bits per heavy atom. The maximum Gasteiger partial charge on any atom is 0.387 e. The Balaban J connectivity index is 2.27. The highest BCUT2D eigenvalue weighted by Gasteiger charge is 2.17. The quantitative estimate of drug-likeness (QED) is 0.618. The smallest absolute Gasteiger partial charge is 0.387 e. The van der Waals surface area contributed by atoms with E-state index in [2.05, 4.69) is 38.6 Å². The van der Waals surface area contributed by atoms with Crippen LogP contribution in [-0.4, -0.2) is 20.5 Å². The summed E-state index contributed by atoms with van der Waals surface area (Å²) in [7, 11) is 0. The van der Waals surface area contributed by atoms with Crippen LogP contribution in [0.5, 0.6) is 11.6 Å². The molecular weight excluding hydrogens is 370 g/mol. The molecule has 2 aromatic rings. The predicted octanol–water partition coefficient (Wildman–Crippen LogP) is 3.29. The number of aromatic nitrogens is 2. The molecule has 1 aromatic carbocycles. The fraction of sp³-hybridized carbons (Fsp3) is 0.167. The number of ether oxygens (including phenoxy) is 2. The molecule has 0 saturated heterocycles. The van der Waals surface area contributed by atoms with Crippen molar-refractivity contribution in [2.45, 2.75) is 13.2 Å². The number of nitrogens with zero attached hydrogens (tertiary/aromatic N) is 2. The van der Waals surface area contributed by atoms with Gasteiger partial charge in [0, 0.05) is 23.4 Å². The third-order valence-electron chi connectivity index (χ3n) is 2.48. The van der Waals surface area contributed by atoms with E-state index in [0.29, 0.717) is 0 Å². The molecule has 0 radical (unpaired) electrons. The van der Waals surface area contributed by atoms with E-state index in [0.717, 1.165) is 0 Å². The van der Waals surface area contributed by atoms with E-state index in [9.17, 15) is 13.6 Å². The Morgan fingerprint density at radius 1 is 1.43 bits per heavy atom. The third kappa shape index (κ3) is 4.18. The third-order valence-corrected chi connectivity index (χ3v) is 3.13. The molecule has 0 amide bonds. The van der Waals surface area contributed by atoms with Crippen LogP contribution in [0, 0.1) is 0 Å². The van der Waals surface area contributed by atoms with E-state index in [1.54, 1.807) is 6.07 Å². The van der Waals surface area contributed by atoms with E-state index in [4.69, 9.17) is 4.74 Å². The van der Waals surface area contributed by atoms with E-state index in [1.165, 1.54) is 28.5 Å². The van der Waals surface area contributed by atoms with Crippen LogP contribution in [0.25, 0.3) is 0 Å². The van der Waals surface area contributed by atoms with E-state index in [1.807, 2.05) is 0 Å². The number of carbonyl (C=O) groups excluding carboxylic acids is 1. The molecular formula is C12H9BrF2N2O3S. The van der Waals surface area contributed by atoms with E-state index < -0.39 is 11.3 Å². The molecule has 9 heteroatoms. The lowest BCUT2D eigenvalue weighted by Crippen LogP contribution is -2.09. The largest absolute Gasteiger partial charge is 0.472 e. The van der Waals surface area contributed by atoms with Crippen LogP contribution >= 0.6 is 28.7 Å². The topological polar surface area (TPSA) is 53.4 Å². The van der Waals surface area contributed by atoms with Gasteiger partial charge in [0.15, 0.2) is 0 Å². The van der Waals surface area contributed by atoms with Gasteiger partial charge in [0.25, 0.3) is 0 Å². The van der Waals surface area contributed by atoms with Crippen molar-refractivity contribution in [3.63, 3.8) is 0 Å². The van der Waals surface area contributed by atoms with Crippen molar-refractivity contribution in [2.75, 3.05) is 0 Å². The van der Waals surface area contributed by atoms with Gasteiger partial charge in [-0.3, -0.25) is 4.79 Å². The van der Waals surface area contributed by atoms with E-state index in [-0.39, 0.29) is 29.4 Å². The summed E-state index contributed by atoms with van der Waals surface area (Å²) in [5.74, 6) is 0.116. The van der Waals surface area contributed by atoms with Crippen LogP contribution in [0.3, 0.4) is 0 Å². The lowest BCUT2D eigenvalue weighted by molar-refractivity contribution is -0.0509. The number of benzene rings is 1. The second-order valence-corrected chi connectivity index (χ2v) is 4.93. The lowest BCUT2D eigenvalue weighted by Gasteiger charge is -2.13. The predicted molar refractivity (Wildman–Crippen MR) is 77.3 cm³/mol. The second-order valence-electron chi connectivity index (χ2n) is 3.80. The summed E-state index contributed by atoms with van der Waals surface area (Å²) in [6.07, 6.45) is 1.54. The Bertz CT molecular complexity index is 651. The van der Waals surface area contributed by atoms with Crippen LogP contribution in [-0.2, 0) is 6.61 Å². The van der Waals surface area contributed by atoms with Gasteiger partial charge in [-0.25, -0.2) is 4.09 Å². The van der Waals surface area contributed by atoms with Gasteiger partial charge in [0.05, 0.1) is 0 Å². The van der Waals surface area contributed by atoms with Gasteiger partial charge in [-0.1, -0.05) is 6.07 Å². The summed E-state index contributed by atoms with van der Waals surface area (Å²) in [4.78, 5) is 11.5. The molecule has 0 aliphatic carbocycles. The van der Waals surface area contributed by atoms with Crippen LogP contribution < -0.4 is 9.47 Å². The molecule has 0 unspecified atom stereocenters. The molecule has 0 fully saturated rings. The van der Waals surface area contributed by atoms with Crippen LogP contribution in [0.4, 0.5) is 8.78 Å². The lowest BCUT2D eigenvalue weighted by atomic mass is 10.1. The number of hydrogen-bond acceptors (Lipinski definition) is 5. The maximum absolute atomic E-state index is 12.4. The molecule has 5 nitrogen and oxygen atoms in total. The number of rotatable bonds is 6. The Labute approximate surface area is 132 Å². The van der Waals surface area contributed by atoms with Crippen molar-refractivity contribution in [2.24, 2.45) is 0 Å². The highest BCUT2D eigenvalue weighted by molar-refractivity contribution is 9.18. The van der Waals surface area contributed by atoms with Crippen molar-refractivity contribution in [3.05, 3.63) is 41.6 Å². The van der Waals surface area contributed by atoms with Gasteiger partial charge in [-0.05, 0) is 40.9 Å². The van der Waals surface area contributed by atoms with Crippen LogP contribution in [0.2, 0.25) is 0 Å². The zero-order valence-electron chi connectivity index (χ0n) is 10.4. The molecule has 0 aliphatic rings. The van der Waals surface area contributed by atoms with Gasteiger partial charge < -0.3 is 9.47 Å². The molecule has 1 heterocycles. The van der Waals surface area contributed by atoms with E-state index >= 15 is 0 Å². The zero-order valence-corrected chi connectivity index (χ0v) is 12.9. The molecule has 21 heavy (non-hydrogen) atoms. The summed E-state index contributed by atoms with van der Waals surface area (Å²) in [5, 5.41) is 3.86. The fourth-order valence-corrected chi connectivity index (χ4v) is 2.15. The Kier molecular flexibility index (Phi) is 5.18. The number of thiol groups is 1. The first-order valence-electron chi connectivity index (χ1n) is 5.61. The molecule has 112 valence electrons.